The van der Waals surface area contributed by atoms with E-state index in [1.54, 1.807) is 39.8 Å². The van der Waals surface area contributed by atoms with Crippen LogP contribution in [0.25, 0.3) is 5.57 Å². The molecule has 1 aromatic carbocycles. The Morgan fingerprint density at radius 3 is 2.00 bits per heavy atom. The zero-order valence-electron chi connectivity index (χ0n) is 11.6. The molecule has 4 heteroatoms. The van der Waals surface area contributed by atoms with Gasteiger partial charge in [-0.3, -0.25) is 0 Å². The number of carboxylic acid groups (broad SMARTS) is 1. The maximum Gasteiger partial charge on any atom is 0.335 e. The van der Waals surface area contributed by atoms with Gasteiger partial charge in [-0.2, -0.15) is 0 Å². The lowest BCUT2D eigenvalue weighted by atomic mass is 10.1. The summed E-state index contributed by atoms with van der Waals surface area (Å²) in [7, 11) is 0. The van der Waals surface area contributed by atoms with Crippen molar-refractivity contribution in [3.8, 4) is 0 Å². The monoisotopic (exact) mass is 262 g/mol. The van der Waals surface area contributed by atoms with Crippen molar-refractivity contribution in [2.75, 3.05) is 0 Å². The SMILES string of the molecule is CC(=CC(=O)OC(C)(C)C)c1ccc(C(=O)O)cc1. The third-order valence-electron chi connectivity index (χ3n) is 2.33. The highest BCUT2D eigenvalue weighted by Gasteiger charge is 2.14. The average Bonchev–Trinajstić information content (AvgIpc) is 2.26. The molecular formula is C15H18O4. The number of ether oxygens (including phenoxy) is 1. The lowest BCUT2D eigenvalue weighted by Crippen LogP contribution is -2.22. The number of carbonyl (C=O) groups is 2. The summed E-state index contributed by atoms with van der Waals surface area (Å²) in [6, 6.07) is 6.34. The molecule has 0 aromatic heterocycles. The van der Waals surface area contributed by atoms with Gasteiger partial charge in [0.15, 0.2) is 0 Å². The van der Waals surface area contributed by atoms with Gasteiger partial charge in [-0.15, -0.1) is 0 Å². The first-order chi connectivity index (χ1) is 8.69. The number of aromatic carboxylic acids is 1. The van der Waals surface area contributed by atoms with Gasteiger partial charge in [0.05, 0.1) is 5.56 Å². The Kier molecular flexibility index (Phi) is 4.48. The first kappa shape index (κ1) is 15.0. The van der Waals surface area contributed by atoms with Gasteiger partial charge in [-0.25, -0.2) is 9.59 Å². The van der Waals surface area contributed by atoms with Crippen LogP contribution in [0, 0.1) is 0 Å². The lowest BCUT2D eigenvalue weighted by Gasteiger charge is -2.18. The molecule has 1 rings (SSSR count). The summed E-state index contributed by atoms with van der Waals surface area (Å²) in [5.74, 6) is -1.38. The summed E-state index contributed by atoms with van der Waals surface area (Å²) in [6.07, 6.45) is 1.40. The molecule has 0 unspecified atom stereocenters. The van der Waals surface area contributed by atoms with Crippen LogP contribution in [0.2, 0.25) is 0 Å². The van der Waals surface area contributed by atoms with Crippen LogP contribution >= 0.6 is 0 Å². The maximum absolute atomic E-state index is 11.6. The molecule has 0 aliphatic rings. The van der Waals surface area contributed by atoms with Crippen molar-refractivity contribution in [1.29, 1.82) is 0 Å². The Morgan fingerprint density at radius 2 is 1.58 bits per heavy atom. The van der Waals surface area contributed by atoms with Gasteiger partial charge in [-0.05, 0) is 51.0 Å². The highest BCUT2D eigenvalue weighted by molar-refractivity contribution is 5.92. The number of esters is 1. The van der Waals surface area contributed by atoms with E-state index < -0.39 is 17.5 Å². The number of hydrogen-bond donors (Lipinski definition) is 1. The van der Waals surface area contributed by atoms with Crippen molar-refractivity contribution in [1.82, 2.24) is 0 Å². The third kappa shape index (κ3) is 4.95. The normalized spacial score (nSPS) is 12.1. The zero-order valence-corrected chi connectivity index (χ0v) is 11.6. The minimum Gasteiger partial charge on any atom is -0.478 e. The largest absolute Gasteiger partial charge is 0.478 e. The molecule has 0 atom stereocenters. The van der Waals surface area contributed by atoms with Crippen molar-refractivity contribution in [3.05, 3.63) is 41.5 Å². The van der Waals surface area contributed by atoms with Crippen LogP contribution in [0.5, 0.6) is 0 Å². The zero-order chi connectivity index (χ0) is 14.6. The summed E-state index contributed by atoms with van der Waals surface area (Å²) in [4.78, 5) is 22.4. The van der Waals surface area contributed by atoms with Crippen molar-refractivity contribution in [3.63, 3.8) is 0 Å². The highest BCUT2D eigenvalue weighted by atomic mass is 16.6. The summed E-state index contributed by atoms with van der Waals surface area (Å²) in [5, 5.41) is 8.80. The molecule has 0 amide bonds. The van der Waals surface area contributed by atoms with Crippen LogP contribution < -0.4 is 0 Å². The van der Waals surface area contributed by atoms with E-state index in [4.69, 9.17) is 9.84 Å². The first-order valence-corrected chi connectivity index (χ1v) is 5.94. The van der Waals surface area contributed by atoms with Crippen molar-refractivity contribution < 1.29 is 19.4 Å². The number of allylic oxidation sites excluding steroid dienone is 1. The molecule has 1 aromatic rings. The van der Waals surface area contributed by atoms with Crippen LogP contribution in [0.4, 0.5) is 0 Å². The van der Waals surface area contributed by atoms with E-state index in [9.17, 15) is 9.59 Å². The minimum absolute atomic E-state index is 0.216. The molecule has 0 bridgehead atoms. The van der Waals surface area contributed by atoms with Crippen molar-refractivity contribution in [2.45, 2.75) is 33.3 Å². The highest BCUT2D eigenvalue weighted by Crippen LogP contribution is 2.16. The molecule has 19 heavy (non-hydrogen) atoms. The Hall–Kier alpha value is -2.10. The molecule has 4 nitrogen and oxygen atoms in total. The molecule has 0 aliphatic carbocycles. The van der Waals surface area contributed by atoms with Gasteiger partial charge in [0.25, 0.3) is 0 Å². The van der Waals surface area contributed by atoms with Gasteiger partial charge in [-0.1, -0.05) is 12.1 Å². The second kappa shape index (κ2) is 5.69. The van der Waals surface area contributed by atoms with Gasteiger partial charge in [0.2, 0.25) is 0 Å². The van der Waals surface area contributed by atoms with E-state index in [1.807, 2.05) is 0 Å². The van der Waals surface area contributed by atoms with E-state index >= 15 is 0 Å². The summed E-state index contributed by atoms with van der Waals surface area (Å²) in [5.41, 5.74) is 1.21. The molecule has 102 valence electrons. The van der Waals surface area contributed by atoms with Gasteiger partial charge < -0.3 is 9.84 Å². The number of benzene rings is 1. The lowest BCUT2D eigenvalue weighted by molar-refractivity contribution is -0.148. The smallest absolute Gasteiger partial charge is 0.335 e. The molecule has 1 N–H and O–H groups in total. The molecule has 0 aliphatic heterocycles. The topological polar surface area (TPSA) is 63.6 Å². The maximum atomic E-state index is 11.6. The molecule has 0 spiro atoms. The fraction of sp³-hybridized carbons (Fsp3) is 0.333. The Morgan fingerprint density at radius 1 is 1.11 bits per heavy atom. The number of carbonyl (C=O) groups excluding carboxylic acids is 1. The van der Waals surface area contributed by atoms with E-state index in [1.165, 1.54) is 18.2 Å². The first-order valence-electron chi connectivity index (χ1n) is 5.94. The van der Waals surface area contributed by atoms with E-state index in [2.05, 4.69) is 0 Å². The van der Waals surface area contributed by atoms with Crippen LogP contribution in [0.3, 0.4) is 0 Å². The van der Waals surface area contributed by atoms with Crippen LogP contribution in [-0.2, 0) is 9.53 Å². The molecule has 0 saturated heterocycles. The molecule has 0 radical (unpaired) electrons. The van der Waals surface area contributed by atoms with Crippen LogP contribution in [-0.4, -0.2) is 22.6 Å². The van der Waals surface area contributed by atoms with Crippen LogP contribution in [0.15, 0.2) is 30.3 Å². The van der Waals surface area contributed by atoms with Crippen molar-refractivity contribution >= 4 is 17.5 Å². The fourth-order valence-corrected chi connectivity index (χ4v) is 1.47. The summed E-state index contributed by atoms with van der Waals surface area (Å²) in [6.45, 7) is 7.18. The van der Waals surface area contributed by atoms with Gasteiger partial charge in [0.1, 0.15) is 5.60 Å². The summed E-state index contributed by atoms with van der Waals surface area (Å²) < 4.78 is 5.18. The standard InChI is InChI=1S/C15H18O4/c1-10(9-13(16)19-15(2,3)4)11-5-7-12(8-6-11)14(17)18/h5-9H,1-4H3,(H,17,18). The average molecular weight is 262 g/mol. The second-order valence-electron chi connectivity index (χ2n) is 5.24. The number of rotatable bonds is 3. The molecular weight excluding hydrogens is 244 g/mol. The Balaban J connectivity index is 2.85. The van der Waals surface area contributed by atoms with Crippen molar-refractivity contribution in [2.24, 2.45) is 0 Å². The third-order valence-corrected chi connectivity index (χ3v) is 2.33. The molecule has 0 saturated carbocycles. The van der Waals surface area contributed by atoms with E-state index in [-0.39, 0.29) is 5.56 Å². The quantitative estimate of drug-likeness (QED) is 0.671. The second-order valence-corrected chi connectivity index (χ2v) is 5.24. The Labute approximate surface area is 112 Å². The van der Waals surface area contributed by atoms with Gasteiger partial charge in [0, 0.05) is 6.08 Å². The molecule has 0 fully saturated rings. The molecule has 0 heterocycles. The number of hydrogen-bond acceptors (Lipinski definition) is 3. The van der Waals surface area contributed by atoms with E-state index in [0.717, 1.165) is 11.1 Å². The fourth-order valence-electron chi connectivity index (χ4n) is 1.47. The van der Waals surface area contributed by atoms with Gasteiger partial charge >= 0.3 is 11.9 Å². The predicted octanol–water partition coefficient (Wildman–Crippen LogP) is 3.13. The predicted molar refractivity (Wildman–Crippen MR) is 72.9 cm³/mol. The van der Waals surface area contributed by atoms with E-state index in [0.29, 0.717) is 0 Å². The summed E-state index contributed by atoms with van der Waals surface area (Å²) >= 11 is 0. The van der Waals surface area contributed by atoms with Crippen LogP contribution in [0.1, 0.15) is 43.6 Å². The minimum atomic E-state index is -0.972. The Bertz CT molecular complexity index is 504. The number of carboxylic acids is 1.